The summed E-state index contributed by atoms with van der Waals surface area (Å²) in [5.41, 5.74) is 19.0. The monoisotopic (exact) mass is 1950 g/mol. The van der Waals surface area contributed by atoms with Gasteiger partial charge in [0.1, 0.15) is 57.7 Å². The van der Waals surface area contributed by atoms with Crippen molar-refractivity contribution in [1.29, 1.82) is 0 Å². The predicted molar refractivity (Wildman–Crippen MR) is 474 cm³/mol. The molecule has 0 saturated heterocycles. The SMILES string of the molecule is CC1(C)Cc2cc3n(c2C1)CCN(c1cc(F)cc(-c2ccnc4c2CC(=O)N4)c1)C3=O.CC1(C)Cc2cc3n(c2C1)CCN(c1cc(F)cc(B(O)O)c1)C3=O.CC1(C)Cc2cc3n(c2C1)CCN(c1cc(F)cc(Br)c1)C3=O.CC1(C)Cc2cc3n(c2C1)CCNC3=O.Fc1cc(Br)cc(I)c1.O=C1Cc2c(Br)ccnc2N1.OB(O)B(O)O. The van der Waals surface area contributed by atoms with Gasteiger partial charge in [-0.3, -0.25) is 28.8 Å². The summed E-state index contributed by atoms with van der Waals surface area (Å²) in [6.07, 6.45) is 12.0. The lowest BCUT2D eigenvalue weighted by molar-refractivity contribution is -0.115. The molecular weight excluding hydrogens is 1870 g/mol. The van der Waals surface area contributed by atoms with Crippen LogP contribution in [0.1, 0.15) is 154 Å². The van der Waals surface area contributed by atoms with Gasteiger partial charge < -0.3 is 79.1 Å². The van der Waals surface area contributed by atoms with Crippen molar-refractivity contribution in [2.24, 2.45) is 21.7 Å². The number of hydrogen-bond donors (Lipinski definition) is 9. The lowest BCUT2D eigenvalue weighted by Gasteiger charge is -2.30. The summed E-state index contributed by atoms with van der Waals surface area (Å²) < 4.78 is 66.4. The van der Waals surface area contributed by atoms with Crippen LogP contribution in [-0.4, -0.2) is 141 Å². The molecule has 24 nitrogen and oxygen atoms in total. The molecule has 0 fully saturated rings. The molecule has 10 aromatic rings. The number of benzene rings is 4. The van der Waals surface area contributed by atoms with Crippen molar-refractivity contribution in [3.63, 3.8) is 0 Å². The summed E-state index contributed by atoms with van der Waals surface area (Å²) >= 11 is 11.9. The van der Waals surface area contributed by atoms with Crippen molar-refractivity contribution in [2.75, 3.05) is 51.5 Å². The van der Waals surface area contributed by atoms with Gasteiger partial charge in [-0.05, 0) is 244 Å². The Balaban J connectivity index is 0.000000122. The number of carbonyl (C=O) groups is 6. The number of amides is 6. The zero-order valence-electron chi connectivity index (χ0n) is 67.7. The van der Waals surface area contributed by atoms with Crippen LogP contribution in [0, 0.1) is 48.5 Å². The molecule has 0 spiro atoms. The molecule has 4 aromatic carbocycles. The normalized spacial score (nSPS) is 17.4. The number of hydrogen-bond acceptors (Lipinski definition) is 14. The predicted octanol–water partition coefficient (Wildman–Crippen LogP) is 12.1. The van der Waals surface area contributed by atoms with E-state index in [9.17, 15) is 56.4 Å². The van der Waals surface area contributed by atoms with Gasteiger partial charge in [0.25, 0.3) is 23.6 Å². The molecular formula is C86H89B3Br3F4IN12O12. The van der Waals surface area contributed by atoms with E-state index in [2.05, 4.69) is 176 Å². The summed E-state index contributed by atoms with van der Waals surface area (Å²) in [5.74, 6) is -0.696. The first kappa shape index (κ1) is 88.3. The number of halogens is 8. The first-order chi connectivity index (χ1) is 57.0. The van der Waals surface area contributed by atoms with Crippen molar-refractivity contribution < 1.29 is 76.5 Å². The lowest BCUT2D eigenvalue weighted by Crippen LogP contribution is -2.41. The Hall–Kier alpha value is -9.04. The molecule has 0 radical (unpaired) electrons. The van der Waals surface area contributed by atoms with Crippen LogP contribution < -0.4 is 36.1 Å². The van der Waals surface area contributed by atoms with Crippen LogP contribution in [0.4, 0.5) is 46.3 Å². The third kappa shape index (κ3) is 19.5. The van der Waals surface area contributed by atoms with Crippen LogP contribution in [-0.2, 0) is 100.0 Å². The van der Waals surface area contributed by atoms with Crippen molar-refractivity contribution in [2.45, 2.75) is 146 Å². The minimum atomic E-state index is -2.04. The Bertz CT molecular complexity index is 5760. The molecule has 12 heterocycles. The second kappa shape index (κ2) is 34.9. The summed E-state index contributed by atoms with van der Waals surface area (Å²) in [4.78, 5) is 86.6. The Kier molecular flexibility index (Phi) is 25.5. The van der Waals surface area contributed by atoms with E-state index < -0.39 is 32.8 Å². The lowest BCUT2D eigenvalue weighted by atomic mass is 9.50. The van der Waals surface area contributed by atoms with Crippen LogP contribution >= 0.6 is 70.4 Å². The number of aromatic nitrogens is 6. The van der Waals surface area contributed by atoms with E-state index in [1.54, 1.807) is 34.3 Å². The van der Waals surface area contributed by atoms with Gasteiger partial charge in [-0.25, -0.2) is 27.5 Å². The Morgan fingerprint density at radius 1 is 0.421 bits per heavy atom. The standard InChI is InChI=1S/C25H23FN4O2.C18H20BFN2O3.C18H18BrFN2O.C12H16N2O.C7H5BrN2O.C6H3BrFI.B2H4O4/c1-25(2)12-15-9-20-24(32)29(5-6-30(20)21(15)13-25)17-8-14(7-16(26)10-17)18-3-4-27-23-19(18)11-22(31)28-23;1-18(2)9-11-5-15-17(23)21(3-4-22(15)16(11)10-18)14-7-12(19(24)25)6-13(20)8-14;1-18(2)9-11-5-15-17(23)21(3-4-22(15)16(11)10-18)14-7-12(19)6-13(20)8-14;1-12(2)6-8-5-9-11(15)13-3-4-14(9)10(8)7-12;8-5-1-2-9-7-4(5)3-6(11)10-7;7-4-1-5(8)3-6(9)2-4;3-1(4)2(5)6/h3-4,7-10H,5-6,11-13H2,1-2H3,(H,27,28,31);5-8,24-25H,3-4,9-10H2,1-2H3;5-8H,3-4,9-10H2,1-2H3;5H,3-4,6-7H2,1-2H3,(H,13,15);1-2H,3H2,(H,9,10,11);1-3H;3-6H. The van der Waals surface area contributed by atoms with Gasteiger partial charge in [0.05, 0.1) is 12.8 Å². The molecule has 630 valence electrons. The maximum atomic E-state index is 14.7. The van der Waals surface area contributed by atoms with Crippen LogP contribution in [0.5, 0.6) is 0 Å². The van der Waals surface area contributed by atoms with Gasteiger partial charge in [0.15, 0.2) is 0 Å². The van der Waals surface area contributed by atoms with E-state index in [0.717, 1.165) is 118 Å². The second-order valence-electron chi connectivity index (χ2n) is 34.9. The minimum Gasteiger partial charge on any atom is -0.429 e. The van der Waals surface area contributed by atoms with Gasteiger partial charge in [-0.15, -0.1) is 0 Å². The maximum Gasteiger partial charge on any atom is 0.488 e. The van der Waals surface area contributed by atoms with E-state index in [4.69, 9.17) is 20.1 Å². The van der Waals surface area contributed by atoms with Gasteiger partial charge in [-0.2, -0.15) is 0 Å². The molecule has 6 aliphatic heterocycles. The smallest absolute Gasteiger partial charge is 0.429 e. The highest BCUT2D eigenvalue weighted by Gasteiger charge is 2.42. The molecule has 20 rings (SSSR count). The second-order valence-corrected chi connectivity index (χ2v) is 38.9. The maximum absolute atomic E-state index is 14.7. The first-order valence-electron chi connectivity index (χ1n) is 39.6. The molecule has 0 saturated carbocycles. The van der Waals surface area contributed by atoms with E-state index in [1.807, 2.05) is 36.4 Å². The van der Waals surface area contributed by atoms with Gasteiger partial charge in [0, 0.05) is 133 Å². The molecule has 9 N–H and O–H groups in total. The number of nitrogens with one attached hydrogen (secondary N) is 3. The fraction of sp³-hybridized carbons (Fsp3) is 0.349. The molecule has 121 heavy (non-hydrogen) atoms. The molecule has 0 unspecified atom stereocenters. The van der Waals surface area contributed by atoms with Gasteiger partial charge in [-0.1, -0.05) is 103 Å². The number of fused-ring (bicyclic) bond motifs is 14. The van der Waals surface area contributed by atoms with Gasteiger partial charge in [0.2, 0.25) is 11.8 Å². The van der Waals surface area contributed by atoms with Crippen LogP contribution in [0.3, 0.4) is 0 Å². The number of nitrogens with zero attached hydrogens (tertiary/aromatic N) is 9. The van der Waals surface area contributed by atoms with E-state index in [1.165, 1.54) is 98.5 Å². The number of rotatable bonds is 6. The van der Waals surface area contributed by atoms with Crippen molar-refractivity contribution in [1.82, 2.24) is 33.6 Å². The highest BCUT2D eigenvalue weighted by atomic mass is 127. The van der Waals surface area contributed by atoms with Crippen molar-refractivity contribution in [3.8, 4) is 11.1 Å². The highest BCUT2D eigenvalue weighted by molar-refractivity contribution is 14.1. The summed E-state index contributed by atoms with van der Waals surface area (Å²) in [5, 5.41) is 57.6. The molecule has 0 atom stereocenters. The van der Waals surface area contributed by atoms with E-state index >= 15 is 0 Å². The van der Waals surface area contributed by atoms with Gasteiger partial charge >= 0.3 is 21.1 Å². The average molecular weight is 1960 g/mol. The van der Waals surface area contributed by atoms with Crippen molar-refractivity contribution in [3.05, 3.63) is 241 Å². The summed E-state index contributed by atoms with van der Waals surface area (Å²) in [6, 6.07) is 29.5. The third-order valence-electron chi connectivity index (χ3n) is 22.9. The van der Waals surface area contributed by atoms with Crippen LogP contribution in [0.2, 0.25) is 0 Å². The Morgan fingerprint density at radius 2 is 0.802 bits per heavy atom. The molecule has 10 aliphatic rings. The number of pyridine rings is 2. The van der Waals surface area contributed by atoms with Crippen LogP contribution in [0.15, 0.2) is 135 Å². The zero-order valence-corrected chi connectivity index (χ0v) is 74.6. The first-order valence-corrected chi connectivity index (χ1v) is 43.1. The quantitative estimate of drug-likeness (QED) is 0.0425. The van der Waals surface area contributed by atoms with E-state index in [-0.39, 0.29) is 75.2 Å². The number of carbonyl (C=O) groups excluding carboxylic acids is 6. The van der Waals surface area contributed by atoms with E-state index in [0.29, 0.717) is 94.7 Å². The fourth-order valence-electron chi connectivity index (χ4n) is 17.8. The minimum absolute atomic E-state index is 0.0133. The average Bonchev–Trinajstić information content (AvgIpc) is 1.63. The molecule has 6 aromatic heterocycles. The molecule has 0 bridgehead atoms. The highest BCUT2D eigenvalue weighted by Crippen LogP contribution is 2.45. The third-order valence-corrected chi connectivity index (χ3v) is 25.1. The topological polar surface area (TPSA) is 315 Å². The molecule has 35 heteroatoms. The molecule has 4 aliphatic carbocycles. The van der Waals surface area contributed by atoms with Crippen LogP contribution in [0.25, 0.3) is 11.1 Å². The molecule has 6 amide bonds. The largest absolute Gasteiger partial charge is 0.488 e. The Morgan fingerprint density at radius 3 is 1.22 bits per heavy atom. The van der Waals surface area contributed by atoms with Crippen molar-refractivity contribution >= 4 is 161 Å². The summed E-state index contributed by atoms with van der Waals surface area (Å²) in [7, 11) is -5.85. The summed E-state index contributed by atoms with van der Waals surface area (Å²) in [6.45, 7) is 23.4. The fourth-order valence-corrected chi connectivity index (χ4v) is 20.2. The zero-order chi connectivity index (χ0) is 87.0. The number of anilines is 5. The Labute approximate surface area is 736 Å².